The third kappa shape index (κ3) is 5.33. The lowest BCUT2D eigenvalue weighted by Crippen LogP contribution is -2.48. The van der Waals surface area contributed by atoms with E-state index in [1.807, 2.05) is 17.0 Å². The third-order valence-corrected chi connectivity index (χ3v) is 7.47. The van der Waals surface area contributed by atoms with E-state index in [9.17, 15) is 4.79 Å². The molecule has 1 aromatic carbocycles. The van der Waals surface area contributed by atoms with Crippen molar-refractivity contribution >= 4 is 29.0 Å². The lowest BCUT2D eigenvalue weighted by molar-refractivity contribution is -0.130. The van der Waals surface area contributed by atoms with Gasteiger partial charge in [0.2, 0.25) is 11.1 Å². The molecule has 2 aromatic heterocycles. The molecule has 1 amide bonds. The zero-order chi connectivity index (χ0) is 22.7. The van der Waals surface area contributed by atoms with E-state index in [4.69, 9.17) is 5.84 Å². The Morgan fingerprint density at radius 1 is 1.09 bits per heavy atom. The number of rotatable bonds is 6. The minimum atomic E-state index is 0.0890. The van der Waals surface area contributed by atoms with Crippen LogP contribution < -0.4 is 5.84 Å². The first-order valence-electron chi connectivity index (χ1n) is 10.8. The molecule has 0 bridgehead atoms. The summed E-state index contributed by atoms with van der Waals surface area (Å²) in [5.41, 5.74) is 2.25. The third-order valence-electron chi connectivity index (χ3n) is 5.68. The van der Waals surface area contributed by atoms with Crippen LogP contribution in [0.5, 0.6) is 0 Å². The quantitative estimate of drug-likeness (QED) is 0.439. The van der Waals surface area contributed by atoms with Crippen molar-refractivity contribution in [2.45, 2.75) is 37.9 Å². The average Bonchev–Trinajstić information content (AvgIpc) is 3.42. The van der Waals surface area contributed by atoms with Gasteiger partial charge >= 0.3 is 0 Å². The minimum absolute atomic E-state index is 0.0890. The average molecular weight is 471 g/mol. The molecule has 1 aliphatic rings. The molecule has 0 radical (unpaired) electrons. The van der Waals surface area contributed by atoms with Crippen molar-refractivity contribution in [2.75, 3.05) is 37.8 Å². The summed E-state index contributed by atoms with van der Waals surface area (Å²) >= 11 is 3.12. The predicted octanol–water partition coefficient (Wildman–Crippen LogP) is 3.45. The van der Waals surface area contributed by atoms with Crippen molar-refractivity contribution in [3.05, 3.63) is 52.2 Å². The maximum atomic E-state index is 12.7. The maximum absolute atomic E-state index is 12.7. The van der Waals surface area contributed by atoms with Gasteiger partial charge < -0.3 is 10.7 Å². The number of carbonyl (C=O) groups excluding carboxylic acids is 1. The molecule has 7 nitrogen and oxygen atoms in total. The highest BCUT2D eigenvalue weighted by molar-refractivity contribution is 7.99. The van der Waals surface area contributed by atoms with Crippen LogP contribution in [0.3, 0.4) is 0 Å². The van der Waals surface area contributed by atoms with Crippen molar-refractivity contribution in [3.63, 3.8) is 0 Å². The molecule has 0 spiro atoms. The Balaban J connectivity index is 1.30. The zero-order valence-electron chi connectivity index (χ0n) is 18.8. The highest BCUT2D eigenvalue weighted by Gasteiger charge is 2.22. The molecule has 4 rings (SSSR count). The highest BCUT2D eigenvalue weighted by atomic mass is 32.2. The van der Waals surface area contributed by atoms with Crippen LogP contribution in [0.15, 0.2) is 46.9 Å². The van der Waals surface area contributed by atoms with Gasteiger partial charge in [0.05, 0.1) is 5.75 Å². The number of aromatic nitrogens is 3. The molecule has 1 saturated heterocycles. The summed E-state index contributed by atoms with van der Waals surface area (Å²) in [6, 6.07) is 12.5. The Bertz CT molecular complexity index is 1030. The minimum Gasteiger partial charge on any atom is -0.339 e. The standard InChI is InChI=1S/C23H30N6OS2/c1-23(2,3)18-8-6-17(7-9-18)21-25-26-22(29(21)24)32-16-20(30)28-12-10-27(11-13-28)15-19-5-4-14-31-19/h4-9,14H,10-13,15-16,24H2,1-3H3. The van der Waals surface area contributed by atoms with Crippen molar-refractivity contribution in [3.8, 4) is 11.4 Å². The van der Waals surface area contributed by atoms with Gasteiger partial charge in [-0.15, -0.1) is 21.5 Å². The Kier molecular flexibility index (Phi) is 6.88. The zero-order valence-corrected chi connectivity index (χ0v) is 20.5. The van der Waals surface area contributed by atoms with Gasteiger partial charge in [0.15, 0.2) is 5.82 Å². The number of hydrogen-bond acceptors (Lipinski definition) is 7. The monoisotopic (exact) mass is 470 g/mol. The van der Waals surface area contributed by atoms with Crippen LogP contribution in [0.2, 0.25) is 0 Å². The molecule has 0 atom stereocenters. The number of nitrogen functional groups attached to an aromatic ring is 1. The summed E-state index contributed by atoms with van der Waals surface area (Å²) in [5, 5.41) is 11.1. The van der Waals surface area contributed by atoms with E-state index < -0.39 is 0 Å². The summed E-state index contributed by atoms with van der Waals surface area (Å²) in [6.45, 7) is 10.8. The number of piperazine rings is 1. The van der Waals surface area contributed by atoms with E-state index in [0.717, 1.165) is 38.3 Å². The van der Waals surface area contributed by atoms with E-state index in [0.29, 0.717) is 16.7 Å². The molecular formula is C23H30N6OS2. The number of hydrogen-bond donors (Lipinski definition) is 1. The van der Waals surface area contributed by atoms with Crippen molar-refractivity contribution < 1.29 is 4.79 Å². The van der Waals surface area contributed by atoms with Crippen LogP contribution >= 0.6 is 23.1 Å². The number of thiophene rings is 1. The van der Waals surface area contributed by atoms with E-state index in [2.05, 4.69) is 65.5 Å². The lowest BCUT2D eigenvalue weighted by atomic mass is 9.87. The van der Waals surface area contributed by atoms with E-state index in [1.54, 1.807) is 11.3 Å². The molecule has 170 valence electrons. The van der Waals surface area contributed by atoms with Gasteiger partial charge in [-0.3, -0.25) is 9.69 Å². The van der Waals surface area contributed by atoms with Gasteiger partial charge in [0, 0.05) is 43.2 Å². The van der Waals surface area contributed by atoms with E-state index in [1.165, 1.54) is 26.9 Å². The lowest BCUT2D eigenvalue weighted by Gasteiger charge is -2.34. The second-order valence-corrected chi connectivity index (χ2v) is 11.0. The van der Waals surface area contributed by atoms with Crippen molar-refractivity contribution in [2.24, 2.45) is 0 Å². The second kappa shape index (κ2) is 9.64. The smallest absolute Gasteiger partial charge is 0.233 e. The predicted molar refractivity (Wildman–Crippen MR) is 131 cm³/mol. The van der Waals surface area contributed by atoms with Crippen LogP contribution in [-0.4, -0.2) is 62.5 Å². The molecular weight excluding hydrogens is 440 g/mol. The first kappa shape index (κ1) is 22.8. The number of nitrogens with zero attached hydrogens (tertiary/aromatic N) is 5. The molecule has 2 N–H and O–H groups in total. The fraction of sp³-hybridized carbons (Fsp3) is 0.435. The fourth-order valence-electron chi connectivity index (χ4n) is 3.69. The second-order valence-electron chi connectivity index (χ2n) is 9.03. The Morgan fingerprint density at radius 2 is 1.81 bits per heavy atom. The van der Waals surface area contributed by atoms with Gasteiger partial charge in [-0.2, -0.15) is 0 Å². The van der Waals surface area contributed by atoms with Crippen molar-refractivity contribution in [1.29, 1.82) is 0 Å². The number of amides is 1. The summed E-state index contributed by atoms with van der Waals surface area (Å²) < 4.78 is 1.48. The first-order valence-corrected chi connectivity index (χ1v) is 12.6. The molecule has 3 aromatic rings. The van der Waals surface area contributed by atoms with Crippen LogP contribution in [0.25, 0.3) is 11.4 Å². The Morgan fingerprint density at radius 3 is 2.44 bits per heavy atom. The molecule has 1 aliphatic heterocycles. The molecule has 3 heterocycles. The van der Waals surface area contributed by atoms with Gasteiger partial charge in [0.1, 0.15) is 0 Å². The largest absolute Gasteiger partial charge is 0.339 e. The maximum Gasteiger partial charge on any atom is 0.233 e. The van der Waals surface area contributed by atoms with Crippen LogP contribution in [0.4, 0.5) is 0 Å². The van der Waals surface area contributed by atoms with E-state index >= 15 is 0 Å². The SMILES string of the molecule is CC(C)(C)c1ccc(-c2nnc(SCC(=O)N3CCN(Cc4cccs4)CC3)n2N)cc1. The first-order chi connectivity index (χ1) is 15.3. The Labute approximate surface area is 197 Å². The van der Waals surface area contributed by atoms with Crippen LogP contribution in [0, 0.1) is 0 Å². The number of thioether (sulfide) groups is 1. The molecule has 1 fully saturated rings. The number of carbonyl (C=O) groups is 1. The molecule has 32 heavy (non-hydrogen) atoms. The van der Waals surface area contributed by atoms with Crippen molar-refractivity contribution in [1.82, 2.24) is 24.7 Å². The summed E-state index contributed by atoms with van der Waals surface area (Å²) in [7, 11) is 0. The van der Waals surface area contributed by atoms with E-state index in [-0.39, 0.29) is 11.3 Å². The van der Waals surface area contributed by atoms with Gasteiger partial charge in [0.25, 0.3) is 0 Å². The Hall–Kier alpha value is -2.36. The molecule has 9 heteroatoms. The van der Waals surface area contributed by atoms with Gasteiger partial charge in [-0.1, -0.05) is 62.9 Å². The van der Waals surface area contributed by atoms with Crippen LogP contribution in [0.1, 0.15) is 31.2 Å². The summed E-state index contributed by atoms with van der Waals surface area (Å²) in [4.78, 5) is 18.4. The number of benzene rings is 1. The fourth-order valence-corrected chi connectivity index (χ4v) is 5.19. The van der Waals surface area contributed by atoms with Gasteiger partial charge in [-0.25, -0.2) is 4.68 Å². The molecule has 0 aliphatic carbocycles. The molecule has 0 unspecified atom stereocenters. The van der Waals surface area contributed by atoms with Gasteiger partial charge in [-0.05, 0) is 22.4 Å². The summed E-state index contributed by atoms with van der Waals surface area (Å²) in [5.74, 6) is 7.27. The van der Waals surface area contributed by atoms with Crippen LogP contribution in [-0.2, 0) is 16.8 Å². The topological polar surface area (TPSA) is 80.3 Å². The highest BCUT2D eigenvalue weighted by Crippen LogP contribution is 2.26. The molecule has 0 saturated carbocycles. The summed E-state index contributed by atoms with van der Waals surface area (Å²) in [6.07, 6.45) is 0. The normalized spacial score (nSPS) is 15.3. The number of nitrogens with two attached hydrogens (primary N) is 1.